The Morgan fingerprint density at radius 3 is 2.43 bits per heavy atom. The molecule has 3 aromatic carbocycles. The molecule has 0 radical (unpaired) electrons. The lowest BCUT2D eigenvalue weighted by Crippen LogP contribution is -2.29. The Kier molecular flexibility index (Phi) is 10.5. The van der Waals surface area contributed by atoms with Crippen LogP contribution in [-0.4, -0.2) is 49.4 Å². The van der Waals surface area contributed by atoms with E-state index < -0.39 is 0 Å². The molecule has 42 heavy (non-hydrogen) atoms. The molecule has 1 N–H and O–H groups in total. The van der Waals surface area contributed by atoms with Gasteiger partial charge in [-0.15, -0.1) is 0 Å². The summed E-state index contributed by atoms with van der Waals surface area (Å²) >= 11 is 6.80. The van der Waals surface area contributed by atoms with Crippen LogP contribution < -0.4 is 18.9 Å². The lowest BCUT2D eigenvalue weighted by Gasteiger charge is -2.29. The Bertz CT molecular complexity index is 1350. The minimum atomic E-state index is -0.250. The number of fused-ring (bicyclic) bond motifs is 1. The van der Waals surface area contributed by atoms with Crippen LogP contribution in [0.4, 0.5) is 0 Å². The minimum Gasteiger partial charge on any atom is -0.493 e. The van der Waals surface area contributed by atoms with Gasteiger partial charge in [-0.2, -0.15) is 0 Å². The maximum absolute atomic E-state index is 8.36. The van der Waals surface area contributed by atoms with Crippen LogP contribution in [0.5, 0.6) is 23.0 Å². The number of carboxylic acid groups (broad SMARTS) is 1. The van der Waals surface area contributed by atoms with E-state index in [1.165, 1.54) is 44.1 Å². The van der Waals surface area contributed by atoms with E-state index in [1.54, 1.807) is 0 Å². The Morgan fingerprint density at radius 1 is 0.929 bits per heavy atom. The van der Waals surface area contributed by atoms with Crippen molar-refractivity contribution in [2.45, 2.75) is 58.6 Å². The number of hydrogen-bond acceptors (Lipinski definition) is 6. The molecule has 3 aliphatic rings. The summed E-state index contributed by atoms with van der Waals surface area (Å²) in [6, 6.07) is 16.5. The van der Waals surface area contributed by atoms with E-state index in [-0.39, 0.29) is 6.47 Å². The second-order valence-electron chi connectivity index (χ2n) is 11.2. The van der Waals surface area contributed by atoms with Gasteiger partial charge < -0.3 is 24.1 Å². The Hall–Kier alpha value is -3.42. The molecule has 0 atom stereocenters. The molecule has 0 spiro atoms. The van der Waals surface area contributed by atoms with Crippen molar-refractivity contribution in [1.82, 2.24) is 4.90 Å². The highest BCUT2D eigenvalue weighted by atomic mass is 35.5. The quantitative estimate of drug-likeness (QED) is 0.257. The average Bonchev–Trinajstić information content (AvgIpc) is 2.98. The number of piperidine rings is 1. The predicted octanol–water partition coefficient (Wildman–Crippen LogP) is 7.53. The van der Waals surface area contributed by atoms with E-state index in [2.05, 4.69) is 48.2 Å². The van der Waals surface area contributed by atoms with E-state index in [9.17, 15) is 0 Å². The molecule has 7 nitrogen and oxygen atoms in total. The first-order chi connectivity index (χ1) is 20.6. The van der Waals surface area contributed by atoms with Gasteiger partial charge in [0.1, 0.15) is 31.3 Å². The van der Waals surface area contributed by atoms with Crippen LogP contribution in [0, 0.1) is 12.8 Å². The molecule has 0 amide bonds. The van der Waals surface area contributed by atoms with Crippen molar-refractivity contribution in [3.63, 3.8) is 0 Å². The second kappa shape index (κ2) is 14.7. The molecule has 0 aromatic heterocycles. The molecule has 0 bridgehead atoms. The molecular weight excluding hydrogens is 554 g/mol. The number of likely N-dealkylation sites (tertiary alicyclic amines) is 1. The largest absolute Gasteiger partial charge is 0.493 e. The number of hydrogen-bond donors (Lipinski definition) is 1. The van der Waals surface area contributed by atoms with Gasteiger partial charge in [-0.25, -0.2) is 0 Å². The zero-order valence-corrected chi connectivity index (χ0v) is 25.0. The fourth-order valence-electron chi connectivity index (χ4n) is 5.69. The average molecular weight is 594 g/mol. The molecule has 3 aromatic rings. The smallest absolute Gasteiger partial charge is 0.290 e. The number of nitrogens with zero attached hydrogens (tertiary/aromatic N) is 1. The Morgan fingerprint density at radius 2 is 1.69 bits per heavy atom. The third kappa shape index (κ3) is 7.50. The highest BCUT2D eigenvalue weighted by Crippen LogP contribution is 2.38. The van der Waals surface area contributed by atoms with E-state index in [0.29, 0.717) is 36.5 Å². The van der Waals surface area contributed by atoms with Crippen LogP contribution in [0.15, 0.2) is 48.5 Å². The molecule has 2 aliphatic heterocycles. The second-order valence-corrected chi connectivity index (χ2v) is 11.6. The van der Waals surface area contributed by atoms with Crippen molar-refractivity contribution >= 4 is 18.1 Å². The first kappa shape index (κ1) is 30.1. The first-order valence-electron chi connectivity index (χ1n) is 14.9. The maximum Gasteiger partial charge on any atom is 0.290 e. The molecule has 8 heteroatoms. The normalized spacial score (nSPS) is 16.5. The number of ether oxygens (including phenoxy) is 4. The van der Waals surface area contributed by atoms with E-state index >= 15 is 0 Å². The molecule has 1 saturated carbocycles. The van der Waals surface area contributed by atoms with Crippen molar-refractivity contribution in [3.05, 3.63) is 70.2 Å². The third-order valence-corrected chi connectivity index (χ3v) is 8.63. The number of carbonyl (C=O) groups is 1. The minimum absolute atomic E-state index is 0.250. The fourth-order valence-corrected chi connectivity index (χ4v) is 5.93. The van der Waals surface area contributed by atoms with E-state index in [1.807, 2.05) is 12.1 Å². The van der Waals surface area contributed by atoms with Crippen LogP contribution in [0.1, 0.15) is 55.2 Å². The molecule has 224 valence electrons. The summed E-state index contributed by atoms with van der Waals surface area (Å²) in [5.41, 5.74) is 5.71. The van der Waals surface area contributed by atoms with Crippen LogP contribution in [0.3, 0.4) is 0 Å². The summed E-state index contributed by atoms with van der Waals surface area (Å²) in [4.78, 5) is 10.9. The Balaban J connectivity index is 0.00000113. The summed E-state index contributed by atoms with van der Waals surface area (Å²) < 4.78 is 24.2. The van der Waals surface area contributed by atoms with Gasteiger partial charge in [0.25, 0.3) is 6.47 Å². The summed E-state index contributed by atoms with van der Waals surface area (Å²) in [6.07, 6.45) is 7.68. The van der Waals surface area contributed by atoms with Gasteiger partial charge in [0.2, 0.25) is 0 Å². The van der Waals surface area contributed by atoms with Crippen molar-refractivity contribution < 1.29 is 28.8 Å². The monoisotopic (exact) mass is 593 g/mol. The predicted molar refractivity (Wildman–Crippen MR) is 164 cm³/mol. The molecule has 0 unspecified atom stereocenters. The third-order valence-electron chi connectivity index (χ3n) is 8.34. The van der Waals surface area contributed by atoms with Crippen LogP contribution in [-0.2, 0) is 17.9 Å². The van der Waals surface area contributed by atoms with E-state index in [4.69, 9.17) is 40.4 Å². The van der Waals surface area contributed by atoms with Gasteiger partial charge in [-0.1, -0.05) is 48.7 Å². The summed E-state index contributed by atoms with van der Waals surface area (Å²) in [5.74, 6) is 3.85. The zero-order chi connectivity index (χ0) is 29.3. The van der Waals surface area contributed by atoms with Gasteiger partial charge in [0.05, 0.1) is 11.6 Å². The van der Waals surface area contributed by atoms with Crippen molar-refractivity contribution in [1.29, 1.82) is 0 Å². The highest BCUT2D eigenvalue weighted by molar-refractivity contribution is 6.32. The van der Waals surface area contributed by atoms with Gasteiger partial charge in [0, 0.05) is 18.2 Å². The van der Waals surface area contributed by atoms with Crippen molar-refractivity contribution in [2.24, 2.45) is 5.92 Å². The molecule has 6 rings (SSSR count). The molecular formula is C34H40ClNO6. The van der Waals surface area contributed by atoms with Crippen molar-refractivity contribution in [2.75, 3.05) is 32.9 Å². The lowest BCUT2D eigenvalue weighted by atomic mass is 9.86. The lowest BCUT2D eigenvalue weighted by molar-refractivity contribution is -0.122. The fraction of sp³-hybridized carbons (Fsp3) is 0.441. The topological polar surface area (TPSA) is 77.5 Å². The molecule has 2 heterocycles. The van der Waals surface area contributed by atoms with E-state index in [0.717, 1.165) is 65.7 Å². The van der Waals surface area contributed by atoms with Crippen molar-refractivity contribution in [3.8, 4) is 34.1 Å². The van der Waals surface area contributed by atoms with Crippen LogP contribution in [0.25, 0.3) is 11.1 Å². The molecule has 2 fully saturated rings. The molecule has 1 saturated heterocycles. The summed E-state index contributed by atoms with van der Waals surface area (Å²) in [5, 5.41) is 7.53. The molecule has 1 aliphatic carbocycles. The Labute approximate surface area is 253 Å². The maximum atomic E-state index is 8.36. The summed E-state index contributed by atoms with van der Waals surface area (Å²) in [7, 11) is 0. The summed E-state index contributed by atoms with van der Waals surface area (Å²) in [6.45, 7) is 7.40. The van der Waals surface area contributed by atoms with Crippen LogP contribution in [0.2, 0.25) is 5.02 Å². The van der Waals surface area contributed by atoms with Gasteiger partial charge in [-0.05, 0) is 92.1 Å². The first-order valence-corrected chi connectivity index (χ1v) is 15.3. The SMILES string of the molecule is Cc1c(COc2cc(OCC3CCC3)c(CN3CCCCC3)cc2Cl)cccc1-c1ccc2c(c1)OCCO2.O=CO. The standard InChI is InChI=1S/C33H38ClNO4.CH2O2/c1-23-26(9-6-10-28(23)25-11-12-30-33(18-25)37-16-15-36-30)22-39-32-19-31(38-21-24-7-5-8-24)27(17-29(32)34)20-35-13-3-2-4-14-35;2-1-3/h6,9-12,17-19,24H,2-5,7-8,13-16,20-22H2,1H3;1H,(H,2,3). The zero-order valence-electron chi connectivity index (χ0n) is 24.3. The highest BCUT2D eigenvalue weighted by Gasteiger charge is 2.21. The number of rotatable bonds is 9. The van der Waals surface area contributed by atoms with Gasteiger partial charge in [-0.3, -0.25) is 9.69 Å². The van der Waals surface area contributed by atoms with Crippen LogP contribution >= 0.6 is 11.6 Å². The number of benzene rings is 3. The van der Waals surface area contributed by atoms with Gasteiger partial charge >= 0.3 is 0 Å². The van der Waals surface area contributed by atoms with Gasteiger partial charge in [0.15, 0.2) is 11.5 Å². The number of halogens is 1.